The summed E-state index contributed by atoms with van der Waals surface area (Å²) in [6.07, 6.45) is 0. The van der Waals surface area contributed by atoms with Crippen LogP contribution >= 0.6 is 0 Å². The zero-order valence-electron chi connectivity index (χ0n) is 2.22. The van der Waals surface area contributed by atoms with Crippen molar-refractivity contribution in [3.05, 3.63) is 0 Å². The summed E-state index contributed by atoms with van der Waals surface area (Å²) in [5, 5.41) is 0. The normalized spacial score (nSPS) is 1.60. The van der Waals surface area contributed by atoms with Gasteiger partial charge in [-0.1, -0.05) is 0 Å². The van der Waals surface area contributed by atoms with E-state index < -0.39 is 0 Å². The first kappa shape index (κ1) is 15.9. The first-order chi connectivity index (χ1) is 2.00. The molecule has 0 aromatic carbocycles. The van der Waals surface area contributed by atoms with Crippen molar-refractivity contribution in [2.45, 2.75) is 0 Å². The summed E-state index contributed by atoms with van der Waals surface area (Å²) in [4.78, 5) is 0. The molecule has 0 heterocycles. The van der Waals surface area contributed by atoms with Gasteiger partial charge in [-0.3, -0.25) is 0 Å². The fourth-order valence-corrected chi connectivity index (χ4v) is 0. The Morgan fingerprint density at radius 1 is 0.800 bits per heavy atom. The molecule has 4 radical (unpaired) electrons. The van der Waals surface area contributed by atoms with Crippen LogP contribution in [-0.4, -0.2) is 45.0 Å². The fourth-order valence-electron chi connectivity index (χ4n) is 0. The number of rotatable bonds is 0. The van der Waals surface area contributed by atoms with Crippen molar-refractivity contribution in [3.63, 3.8) is 0 Å². The van der Waals surface area contributed by atoms with Crippen molar-refractivity contribution in [1.82, 2.24) is 0 Å². The Morgan fingerprint density at radius 2 is 0.800 bits per heavy atom. The summed E-state index contributed by atoms with van der Waals surface area (Å²) < 4.78 is 16.7. The van der Waals surface area contributed by atoms with Gasteiger partial charge in [0.15, 0.2) is 0 Å². The van der Waals surface area contributed by atoms with Crippen molar-refractivity contribution in [1.29, 1.82) is 0 Å². The van der Waals surface area contributed by atoms with Gasteiger partial charge in [-0.15, -0.1) is 0 Å². The molecule has 0 aliphatic carbocycles. The second-order valence-electron chi connectivity index (χ2n) is 0. The van der Waals surface area contributed by atoms with Crippen molar-refractivity contribution in [3.8, 4) is 0 Å². The summed E-state index contributed by atoms with van der Waals surface area (Å²) in [7, 11) is 0. The summed E-state index contributed by atoms with van der Waals surface area (Å²) in [5.41, 5.74) is 0. The van der Waals surface area contributed by atoms with Gasteiger partial charge >= 0.3 is 51.2 Å². The zero-order valence-corrected chi connectivity index (χ0v) is 9.21. The number of hydrogen-bond donors (Lipinski definition) is 0. The van der Waals surface area contributed by atoms with Crippen LogP contribution in [0.2, 0.25) is 0 Å². The molecule has 5 heavy (non-hydrogen) atoms. The number of hydrogen-bond acceptors (Lipinski definition) is 2. The topological polar surface area (TPSA) is 34.1 Å². The molecule has 0 aromatic heterocycles. The summed E-state index contributed by atoms with van der Waals surface area (Å²) in [6.45, 7) is 0. The fraction of sp³-hybridized carbons (Fsp3) is 0. The van der Waals surface area contributed by atoms with E-state index in [0.717, 1.165) is 0 Å². The predicted octanol–water partition coefficient (Wildman–Crippen LogP) is -1.00. The molecule has 0 saturated carbocycles. The van der Waals surface area contributed by atoms with Gasteiger partial charge < -0.3 is 0 Å². The average Bonchev–Trinajstić information content (AvgIpc) is 1.50. The van der Waals surface area contributed by atoms with E-state index in [4.69, 9.17) is 6.15 Å². The van der Waals surface area contributed by atoms with Gasteiger partial charge in [0.25, 0.3) is 0 Å². The maximum atomic E-state index is 8.34. The molecule has 2 nitrogen and oxygen atoms in total. The van der Waals surface area contributed by atoms with E-state index in [2.05, 4.69) is 0 Å². The third-order valence-corrected chi connectivity index (χ3v) is 0. The van der Waals surface area contributed by atoms with Gasteiger partial charge in [0.05, 0.1) is 0 Å². The van der Waals surface area contributed by atoms with Gasteiger partial charge in [0.2, 0.25) is 0 Å². The van der Waals surface area contributed by atoms with Gasteiger partial charge in [-0.2, -0.15) is 0 Å². The molecule has 0 aliphatic heterocycles. The third-order valence-electron chi connectivity index (χ3n) is 0. The van der Waals surface area contributed by atoms with Gasteiger partial charge in [-0.05, 0) is 0 Å². The van der Waals surface area contributed by atoms with E-state index in [1.807, 2.05) is 0 Å². The molecule has 0 aliphatic rings. The van der Waals surface area contributed by atoms with Crippen LogP contribution in [0.1, 0.15) is 0 Å². The molecule has 0 N–H and O–H groups in total. The van der Waals surface area contributed by atoms with Crippen LogP contribution in [0.3, 0.4) is 0 Å². The Labute approximate surface area is 67.8 Å². The van der Waals surface area contributed by atoms with Crippen LogP contribution in [0.25, 0.3) is 0 Å². The zero-order chi connectivity index (χ0) is 4.00. The molecule has 0 amide bonds. The minimum absolute atomic E-state index is 0. The van der Waals surface area contributed by atoms with E-state index in [1.54, 1.807) is 0 Å². The first-order valence-corrected chi connectivity index (χ1v) is 2.74. The van der Waals surface area contributed by atoms with Gasteiger partial charge in [-0.25, -0.2) is 0 Å². The van der Waals surface area contributed by atoms with Crippen LogP contribution in [-0.2, 0) is 23.5 Å². The quantitative estimate of drug-likeness (QED) is 0.536. The van der Waals surface area contributed by atoms with E-state index in [-0.39, 0.29) is 17.4 Å². The van der Waals surface area contributed by atoms with E-state index in [0.29, 0.717) is 45.0 Å². The molecular weight excluding hydrogens is 321 g/mol. The molecular formula is CrO2Sn2. The van der Waals surface area contributed by atoms with Crippen LogP contribution in [0.5, 0.6) is 0 Å². The summed E-state index contributed by atoms with van der Waals surface area (Å²) in [6, 6.07) is 0. The monoisotopic (exact) mass is 324 g/mol. The Bertz CT molecular complexity index is 9.61. The molecule has 0 fully saturated rings. The second-order valence-corrected chi connectivity index (χ2v) is 0. The molecule has 0 saturated heterocycles. The first-order valence-electron chi connectivity index (χ1n) is 0.408. The molecule has 0 aromatic rings. The van der Waals surface area contributed by atoms with Gasteiger partial charge in [0, 0.05) is 17.4 Å². The second kappa shape index (κ2) is 42.8. The van der Waals surface area contributed by atoms with E-state index in [9.17, 15) is 0 Å². The van der Waals surface area contributed by atoms with E-state index >= 15 is 0 Å². The molecule has 0 bridgehead atoms. The van der Waals surface area contributed by atoms with Crippen LogP contribution < -0.4 is 0 Å². The Hall–Kier alpha value is 1.73. The molecule has 26 valence electrons. The Kier molecular flexibility index (Phi) is 136. The molecule has 0 atom stereocenters. The minimum atomic E-state index is 0. The average molecular weight is 321 g/mol. The Balaban J connectivity index is -0.0000000133. The van der Waals surface area contributed by atoms with Crippen LogP contribution in [0, 0.1) is 0 Å². The summed E-state index contributed by atoms with van der Waals surface area (Å²) >= 11 is 0.600. The van der Waals surface area contributed by atoms with Crippen molar-refractivity contribution >= 4 is 45.0 Å². The predicted molar refractivity (Wildman–Crippen MR) is 12.9 cm³/mol. The third kappa shape index (κ3) is 26.6. The molecule has 5 heteroatoms. The van der Waals surface area contributed by atoms with Crippen molar-refractivity contribution < 1.29 is 23.5 Å². The molecule has 0 rings (SSSR count). The van der Waals surface area contributed by atoms with Crippen molar-refractivity contribution in [2.24, 2.45) is 0 Å². The van der Waals surface area contributed by atoms with Crippen molar-refractivity contribution in [2.75, 3.05) is 0 Å². The van der Waals surface area contributed by atoms with E-state index in [1.165, 1.54) is 0 Å². The Morgan fingerprint density at radius 3 is 0.800 bits per heavy atom. The summed E-state index contributed by atoms with van der Waals surface area (Å²) in [5.74, 6) is 0. The molecule has 0 spiro atoms. The maximum absolute atomic E-state index is 8.34. The van der Waals surface area contributed by atoms with Crippen LogP contribution in [0.4, 0.5) is 0 Å². The van der Waals surface area contributed by atoms with Gasteiger partial charge in [0.1, 0.15) is 0 Å². The standard InChI is InChI=1S/Cr.2O.2Sn. The molecule has 0 unspecified atom stereocenters. The SMILES string of the molecule is [Cr].[O]=[Sn].[O]=[Sn]. The van der Waals surface area contributed by atoms with Crippen LogP contribution in [0.15, 0.2) is 0 Å².